The van der Waals surface area contributed by atoms with E-state index in [9.17, 15) is 9.90 Å². The Morgan fingerprint density at radius 1 is 1.37 bits per heavy atom. The second-order valence-corrected chi connectivity index (χ2v) is 3.99. The van der Waals surface area contributed by atoms with Gasteiger partial charge >= 0.3 is 6.09 Å². The van der Waals surface area contributed by atoms with Crippen LogP contribution in [0.2, 0.25) is 0 Å². The minimum atomic E-state index is -0.773. The summed E-state index contributed by atoms with van der Waals surface area (Å²) < 4.78 is 9.71. The van der Waals surface area contributed by atoms with Gasteiger partial charge in [0.1, 0.15) is 5.76 Å². The van der Waals surface area contributed by atoms with Gasteiger partial charge in [-0.05, 0) is 17.7 Å². The van der Waals surface area contributed by atoms with Gasteiger partial charge in [0.2, 0.25) is 0 Å². The monoisotopic (exact) mass is 261 g/mol. The van der Waals surface area contributed by atoms with E-state index in [4.69, 9.17) is 4.42 Å². The van der Waals surface area contributed by atoms with Crippen LogP contribution in [0.25, 0.3) is 11.3 Å². The molecule has 0 aliphatic rings. The summed E-state index contributed by atoms with van der Waals surface area (Å²) in [6, 6.07) is 11.0. The first-order valence-corrected chi connectivity index (χ1v) is 5.84. The molecule has 0 spiro atoms. The van der Waals surface area contributed by atoms with Crippen LogP contribution in [-0.4, -0.2) is 24.9 Å². The molecule has 1 unspecified atom stereocenters. The summed E-state index contributed by atoms with van der Waals surface area (Å²) in [4.78, 5) is 10.9. The number of hydrogen-bond donors (Lipinski definition) is 2. The molecule has 1 aromatic heterocycles. The highest BCUT2D eigenvalue weighted by Gasteiger charge is 2.10. The van der Waals surface area contributed by atoms with Crippen LogP contribution in [-0.2, 0) is 4.74 Å². The molecule has 19 heavy (non-hydrogen) atoms. The molecule has 1 aromatic carbocycles. The van der Waals surface area contributed by atoms with Gasteiger partial charge in [0.25, 0.3) is 0 Å². The summed E-state index contributed by atoms with van der Waals surface area (Å²) in [5.41, 5.74) is 1.65. The van der Waals surface area contributed by atoms with Gasteiger partial charge in [0, 0.05) is 5.56 Å². The van der Waals surface area contributed by atoms with Crippen molar-refractivity contribution < 1.29 is 19.1 Å². The lowest BCUT2D eigenvalue weighted by molar-refractivity contribution is 0.147. The molecule has 0 bridgehead atoms. The summed E-state index contributed by atoms with van der Waals surface area (Å²) in [6.45, 7) is 0.104. The summed E-state index contributed by atoms with van der Waals surface area (Å²) in [7, 11) is 1.28. The van der Waals surface area contributed by atoms with E-state index < -0.39 is 12.2 Å². The van der Waals surface area contributed by atoms with Crippen LogP contribution >= 0.6 is 0 Å². The van der Waals surface area contributed by atoms with Crippen molar-refractivity contribution in [1.29, 1.82) is 0 Å². The van der Waals surface area contributed by atoms with E-state index in [1.807, 2.05) is 24.3 Å². The SMILES string of the molecule is COC(=O)NCC(O)c1ccc(-c2ccco2)cc1. The zero-order chi connectivity index (χ0) is 13.7. The Morgan fingerprint density at radius 3 is 2.68 bits per heavy atom. The van der Waals surface area contributed by atoms with Gasteiger partial charge in [0.05, 0.1) is 26.0 Å². The zero-order valence-corrected chi connectivity index (χ0v) is 10.5. The molecule has 0 saturated heterocycles. The Labute approximate surface area is 110 Å². The highest BCUT2D eigenvalue weighted by Crippen LogP contribution is 2.22. The van der Waals surface area contributed by atoms with E-state index in [0.717, 1.165) is 11.3 Å². The number of carbonyl (C=O) groups is 1. The maximum Gasteiger partial charge on any atom is 0.406 e. The fourth-order valence-electron chi connectivity index (χ4n) is 1.68. The maximum absolute atomic E-state index is 10.9. The largest absolute Gasteiger partial charge is 0.464 e. The average molecular weight is 261 g/mol. The zero-order valence-electron chi connectivity index (χ0n) is 10.5. The van der Waals surface area contributed by atoms with Crippen LogP contribution in [0.5, 0.6) is 0 Å². The van der Waals surface area contributed by atoms with Crippen LogP contribution in [0.4, 0.5) is 4.79 Å². The first kappa shape index (κ1) is 13.2. The van der Waals surface area contributed by atoms with Crippen molar-refractivity contribution in [1.82, 2.24) is 5.32 Å². The normalized spacial score (nSPS) is 11.9. The minimum Gasteiger partial charge on any atom is -0.464 e. The van der Waals surface area contributed by atoms with E-state index in [2.05, 4.69) is 10.1 Å². The molecular formula is C14H15NO4. The molecular weight excluding hydrogens is 246 g/mol. The maximum atomic E-state index is 10.9. The molecule has 100 valence electrons. The number of methoxy groups -OCH3 is 1. The van der Waals surface area contributed by atoms with Crippen molar-refractivity contribution in [2.75, 3.05) is 13.7 Å². The molecule has 0 saturated carbocycles. The van der Waals surface area contributed by atoms with E-state index in [1.165, 1.54) is 7.11 Å². The standard InChI is InChI=1S/C14H15NO4/c1-18-14(17)15-9-12(16)10-4-6-11(7-5-10)13-3-2-8-19-13/h2-8,12,16H,9H2,1H3,(H,15,17). The van der Waals surface area contributed by atoms with Crippen LogP contribution in [0.1, 0.15) is 11.7 Å². The van der Waals surface area contributed by atoms with Gasteiger partial charge in [-0.2, -0.15) is 0 Å². The van der Waals surface area contributed by atoms with Crippen LogP contribution in [0.15, 0.2) is 47.1 Å². The molecule has 1 atom stereocenters. The number of amides is 1. The molecule has 1 amide bonds. The average Bonchev–Trinajstić information content (AvgIpc) is 2.98. The topological polar surface area (TPSA) is 71.7 Å². The Balaban J connectivity index is 2.00. The fraction of sp³-hybridized carbons (Fsp3) is 0.214. The number of rotatable bonds is 4. The predicted octanol–water partition coefficient (Wildman–Crippen LogP) is 2.34. The van der Waals surface area contributed by atoms with Crippen LogP contribution in [0.3, 0.4) is 0 Å². The number of ether oxygens (including phenoxy) is 1. The first-order valence-electron chi connectivity index (χ1n) is 5.84. The van der Waals surface area contributed by atoms with E-state index >= 15 is 0 Å². The van der Waals surface area contributed by atoms with E-state index in [1.54, 1.807) is 18.4 Å². The third-order valence-electron chi connectivity index (χ3n) is 2.73. The second-order valence-electron chi connectivity index (χ2n) is 3.99. The highest BCUT2D eigenvalue weighted by atomic mass is 16.5. The summed E-state index contributed by atoms with van der Waals surface area (Å²) in [6.07, 6.45) is 0.272. The van der Waals surface area contributed by atoms with Crippen molar-refractivity contribution in [3.05, 3.63) is 48.2 Å². The number of hydrogen-bond acceptors (Lipinski definition) is 4. The van der Waals surface area contributed by atoms with Crippen molar-refractivity contribution >= 4 is 6.09 Å². The minimum absolute atomic E-state index is 0.104. The third-order valence-corrected chi connectivity index (χ3v) is 2.73. The first-order chi connectivity index (χ1) is 9.20. The summed E-state index contributed by atoms with van der Waals surface area (Å²) in [5.74, 6) is 0.772. The third kappa shape index (κ3) is 3.35. The molecule has 2 rings (SSSR count). The lowest BCUT2D eigenvalue weighted by Crippen LogP contribution is -2.28. The second kappa shape index (κ2) is 6.06. The molecule has 0 aliphatic carbocycles. The molecule has 5 heteroatoms. The molecule has 5 nitrogen and oxygen atoms in total. The molecule has 2 aromatic rings. The van der Waals surface area contributed by atoms with E-state index in [-0.39, 0.29) is 6.54 Å². The van der Waals surface area contributed by atoms with Gasteiger partial charge in [-0.15, -0.1) is 0 Å². The van der Waals surface area contributed by atoms with Gasteiger partial charge in [-0.3, -0.25) is 0 Å². The Morgan fingerprint density at radius 2 is 2.11 bits per heavy atom. The van der Waals surface area contributed by atoms with Crippen molar-refractivity contribution in [2.24, 2.45) is 0 Å². The number of aliphatic hydroxyl groups is 1. The number of nitrogens with one attached hydrogen (secondary N) is 1. The highest BCUT2D eigenvalue weighted by molar-refractivity contribution is 5.66. The lowest BCUT2D eigenvalue weighted by atomic mass is 10.1. The summed E-state index contributed by atoms with van der Waals surface area (Å²) in [5, 5.41) is 12.3. The number of alkyl carbamates (subject to hydrolysis) is 1. The lowest BCUT2D eigenvalue weighted by Gasteiger charge is -2.11. The molecule has 0 aliphatic heterocycles. The van der Waals surface area contributed by atoms with Gasteiger partial charge in [-0.25, -0.2) is 4.79 Å². The van der Waals surface area contributed by atoms with Gasteiger partial charge in [-0.1, -0.05) is 24.3 Å². The van der Waals surface area contributed by atoms with Gasteiger partial charge < -0.3 is 19.6 Å². The Bertz CT molecular complexity index is 519. The molecule has 2 N–H and O–H groups in total. The van der Waals surface area contributed by atoms with Crippen LogP contribution < -0.4 is 5.32 Å². The molecule has 1 heterocycles. The van der Waals surface area contributed by atoms with Crippen molar-refractivity contribution in [3.8, 4) is 11.3 Å². The van der Waals surface area contributed by atoms with Crippen molar-refractivity contribution in [2.45, 2.75) is 6.10 Å². The number of aliphatic hydroxyl groups excluding tert-OH is 1. The van der Waals surface area contributed by atoms with Crippen molar-refractivity contribution in [3.63, 3.8) is 0 Å². The Hall–Kier alpha value is -2.27. The predicted molar refractivity (Wildman–Crippen MR) is 69.5 cm³/mol. The quantitative estimate of drug-likeness (QED) is 0.886. The Kier molecular flexibility index (Phi) is 4.20. The summed E-state index contributed by atoms with van der Waals surface area (Å²) >= 11 is 0. The van der Waals surface area contributed by atoms with E-state index in [0.29, 0.717) is 5.56 Å². The molecule has 0 fully saturated rings. The number of benzene rings is 1. The van der Waals surface area contributed by atoms with Crippen LogP contribution in [0, 0.1) is 0 Å². The number of furan rings is 1. The fourth-order valence-corrected chi connectivity index (χ4v) is 1.68. The van der Waals surface area contributed by atoms with Gasteiger partial charge in [0.15, 0.2) is 0 Å². The smallest absolute Gasteiger partial charge is 0.406 e. The number of carbonyl (C=O) groups excluding carboxylic acids is 1. The molecule has 0 radical (unpaired) electrons.